The van der Waals surface area contributed by atoms with Crippen LogP contribution in [0.3, 0.4) is 0 Å². The number of hydrogen-bond acceptors (Lipinski definition) is 4. The second-order valence-electron chi connectivity index (χ2n) is 9.30. The number of amides is 3. The zero-order valence-electron chi connectivity index (χ0n) is 20.9. The highest BCUT2D eigenvalue weighted by Crippen LogP contribution is 2.31. The number of carbonyl (C=O) groups is 3. The van der Waals surface area contributed by atoms with Crippen LogP contribution >= 0.6 is 0 Å². The first kappa shape index (κ1) is 26.9. The van der Waals surface area contributed by atoms with E-state index in [0.717, 1.165) is 25.7 Å². The molecule has 1 aromatic heterocycles. The first-order valence-corrected chi connectivity index (χ1v) is 12.7. The average Bonchev–Trinajstić information content (AvgIpc) is 3.41. The van der Waals surface area contributed by atoms with Crippen molar-refractivity contribution in [1.82, 2.24) is 10.3 Å². The number of benzene rings is 2. The van der Waals surface area contributed by atoms with Gasteiger partial charge in [-0.25, -0.2) is 13.8 Å². The molecule has 0 spiro atoms. The average molecular weight is 521 g/mol. The molecule has 3 aromatic rings. The van der Waals surface area contributed by atoms with Crippen LogP contribution in [-0.2, 0) is 14.4 Å². The molecule has 1 fully saturated rings. The van der Waals surface area contributed by atoms with Gasteiger partial charge in [-0.3, -0.25) is 19.3 Å². The molecule has 1 saturated carbocycles. The Labute approximate surface area is 220 Å². The zero-order valence-corrected chi connectivity index (χ0v) is 20.9. The number of aromatic nitrogens is 1. The van der Waals surface area contributed by atoms with Gasteiger partial charge in [0, 0.05) is 30.8 Å². The summed E-state index contributed by atoms with van der Waals surface area (Å²) in [6, 6.07) is 14.8. The minimum atomic E-state index is -1.15. The number of pyridine rings is 1. The molecular weight excluding hydrogens is 490 g/mol. The fraction of sp³-hybridized carbons (Fsp3) is 0.310. The van der Waals surface area contributed by atoms with Crippen LogP contribution in [0.5, 0.6) is 0 Å². The fourth-order valence-electron chi connectivity index (χ4n) is 4.64. The number of nitrogens with zero attached hydrogens (tertiary/aromatic N) is 2. The molecule has 38 heavy (non-hydrogen) atoms. The lowest BCUT2D eigenvalue weighted by molar-refractivity contribution is -0.127. The molecule has 1 aliphatic rings. The maximum absolute atomic E-state index is 14.3. The van der Waals surface area contributed by atoms with E-state index in [0.29, 0.717) is 11.4 Å². The van der Waals surface area contributed by atoms with Crippen LogP contribution in [0.1, 0.15) is 56.6 Å². The van der Waals surface area contributed by atoms with Crippen molar-refractivity contribution >= 4 is 29.2 Å². The summed E-state index contributed by atoms with van der Waals surface area (Å²) in [5.74, 6) is -1.82. The van der Waals surface area contributed by atoms with E-state index in [9.17, 15) is 23.2 Å². The third-order valence-corrected chi connectivity index (χ3v) is 6.48. The third kappa shape index (κ3) is 7.21. The maximum Gasteiger partial charge on any atom is 0.248 e. The van der Waals surface area contributed by atoms with Crippen molar-refractivity contribution < 1.29 is 23.2 Å². The van der Waals surface area contributed by atoms with E-state index in [1.165, 1.54) is 47.4 Å². The lowest BCUT2D eigenvalue weighted by atomic mass is 10.0. The summed E-state index contributed by atoms with van der Waals surface area (Å²) >= 11 is 0. The van der Waals surface area contributed by atoms with Gasteiger partial charge < -0.3 is 10.6 Å². The molecule has 0 radical (unpaired) electrons. The Balaban J connectivity index is 1.57. The second-order valence-corrected chi connectivity index (χ2v) is 9.30. The predicted molar refractivity (Wildman–Crippen MR) is 140 cm³/mol. The van der Waals surface area contributed by atoms with Crippen LogP contribution in [-0.4, -0.2) is 28.7 Å². The Kier molecular flexibility index (Phi) is 9.13. The van der Waals surface area contributed by atoms with Gasteiger partial charge in [0.15, 0.2) is 0 Å². The van der Waals surface area contributed by atoms with Crippen LogP contribution in [0, 0.1) is 11.6 Å². The molecule has 2 N–H and O–H groups in total. The maximum atomic E-state index is 14.3. The molecule has 1 aliphatic carbocycles. The van der Waals surface area contributed by atoms with Crippen LogP contribution < -0.4 is 15.5 Å². The SMILES string of the molecule is O=C(CCCC(=O)N(c1cccc(F)c1)C(C(=O)NC1CCCC1)c1ccc(F)cc1)Nc1ccccn1. The Morgan fingerprint density at radius 3 is 2.37 bits per heavy atom. The van der Waals surface area contributed by atoms with Gasteiger partial charge in [0.1, 0.15) is 23.5 Å². The summed E-state index contributed by atoms with van der Waals surface area (Å²) in [7, 11) is 0. The number of halogens is 2. The van der Waals surface area contributed by atoms with Crippen LogP contribution in [0.2, 0.25) is 0 Å². The predicted octanol–water partition coefficient (Wildman–Crippen LogP) is 5.30. The molecule has 9 heteroatoms. The van der Waals surface area contributed by atoms with Gasteiger partial charge in [-0.2, -0.15) is 0 Å². The van der Waals surface area contributed by atoms with Crippen molar-refractivity contribution in [3.8, 4) is 0 Å². The summed E-state index contributed by atoms with van der Waals surface area (Å²) in [4.78, 5) is 44.9. The molecule has 0 saturated heterocycles. The lowest BCUT2D eigenvalue weighted by Gasteiger charge is -2.32. The highest BCUT2D eigenvalue weighted by Gasteiger charge is 2.34. The van der Waals surface area contributed by atoms with Gasteiger partial charge >= 0.3 is 0 Å². The van der Waals surface area contributed by atoms with Crippen molar-refractivity contribution in [2.45, 2.75) is 57.0 Å². The Hall–Kier alpha value is -4.14. The Bertz CT molecular complexity index is 1250. The molecule has 3 amide bonds. The molecular formula is C29H30F2N4O3. The third-order valence-electron chi connectivity index (χ3n) is 6.48. The van der Waals surface area contributed by atoms with Crippen LogP contribution in [0.4, 0.5) is 20.3 Å². The van der Waals surface area contributed by atoms with E-state index >= 15 is 0 Å². The molecule has 2 aromatic carbocycles. The molecule has 0 aliphatic heterocycles. The quantitative estimate of drug-likeness (QED) is 0.380. The van der Waals surface area contributed by atoms with Gasteiger partial charge in [-0.15, -0.1) is 0 Å². The topological polar surface area (TPSA) is 91.4 Å². The minimum absolute atomic E-state index is 0.0230. The first-order chi connectivity index (χ1) is 18.4. The normalized spacial score (nSPS) is 14.1. The fourth-order valence-corrected chi connectivity index (χ4v) is 4.64. The Morgan fingerprint density at radius 2 is 1.68 bits per heavy atom. The highest BCUT2D eigenvalue weighted by molar-refractivity contribution is 6.01. The Morgan fingerprint density at radius 1 is 0.921 bits per heavy atom. The van der Waals surface area contributed by atoms with Crippen LogP contribution in [0.25, 0.3) is 0 Å². The summed E-state index contributed by atoms with van der Waals surface area (Å²) in [5, 5.41) is 5.69. The van der Waals surface area contributed by atoms with Crippen molar-refractivity contribution in [3.05, 3.63) is 90.1 Å². The van der Waals surface area contributed by atoms with Gasteiger partial charge in [-0.05, 0) is 67.3 Å². The van der Waals surface area contributed by atoms with Gasteiger partial charge in [-0.1, -0.05) is 37.1 Å². The second kappa shape index (κ2) is 12.9. The van der Waals surface area contributed by atoms with E-state index in [1.807, 2.05) is 0 Å². The van der Waals surface area contributed by atoms with Crippen molar-refractivity contribution in [2.24, 2.45) is 0 Å². The van der Waals surface area contributed by atoms with Gasteiger partial charge in [0.2, 0.25) is 17.7 Å². The number of hydrogen-bond donors (Lipinski definition) is 2. The summed E-state index contributed by atoms with van der Waals surface area (Å²) < 4.78 is 28.0. The summed E-state index contributed by atoms with van der Waals surface area (Å²) in [6.45, 7) is 0. The van der Waals surface area contributed by atoms with E-state index < -0.39 is 29.5 Å². The molecule has 4 rings (SSSR count). The number of rotatable bonds is 10. The number of anilines is 2. The summed E-state index contributed by atoms with van der Waals surface area (Å²) in [6.07, 6.45) is 5.40. The molecule has 7 nitrogen and oxygen atoms in total. The van der Waals surface area contributed by atoms with Crippen molar-refractivity contribution in [1.29, 1.82) is 0 Å². The van der Waals surface area contributed by atoms with Crippen molar-refractivity contribution in [3.63, 3.8) is 0 Å². The van der Waals surface area contributed by atoms with E-state index in [2.05, 4.69) is 15.6 Å². The number of carbonyl (C=O) groups excluding carboxylic acids is 3. The molecule has 198 valence electrons. The van der Waals surface area contributed by atoms with E-state index in [1.54, 1.807) is 30.5 Å². The van der Waals surface area contributed by atoms with Crippen molar-refractivity contribution in [2.75, 3.05) is 10.2 Å². The first-order valence-electron chi connectivity index (χ1n) is 12.7. The standard InChI is InChI=1S/C29H30F2N4O3/c30-21-16-14-20(15-17-21)28(29(38)33-23-8-1-2-9-23)35(24-10-5-7-22(31)19-24)27(37)13-6-12-26(36)34-25-11-3-4-18-32-25/h3-5,7,10-11,14-19,23,28H,1-2,6,8-9,12-13H2,(H,33,38)(H,32,34,36). The summed E-state index contributed by atoms with van der Waals surface area (Å²) in [5.41, 5.74) is 0.594. The van der Waals surface area contributed by atoms with E-state index in [-0.39, 0.29) is 36.9 Å². The zero-order chi connectivity index (χ0) is 26.9. The van der Waals surface area contributed by atoms with E-state index in [4.69, 9.17) is 0 Å². The van der Waals surface area contributed by atoms with Gasteiger partial charge in [0.25, 0.3) is 0 Å². The monoisotopic (exact) mass is 520 g/mol. The van der Waals surface area contributed by atoms with Gasteiger partial charge in [0.05, 0.1) is 0 Å². The lowest BCUT2D eigenvalue weighted by Crippen LogP contribution is -2.46. The minimum Gasteiger partial charge on any atom is -0.351 e. The molecule has 1 heterocycles. The smallest absolute Gasteiger partial charge is 0.248 e. The number of nitrogens with one attached hydrogen (secondary N) is 2. The molecule has 1 atom stereocenters. The highest BCUT2D eigenvalue weighted by atomic mass is 19.1. The van der Waals surface area contributed by atoms with Crippen LogP contribution in [0.15, 0.2) is 72.9 Å². The largest absolute Gasteiger partial charge is 0.351 e. The molecule has 1 unspecified atom stereocenters. The molecule has 0 bridgehead atoms.